The van der Waals surface area contributed by atoms with Crippen LogP contribution in [0.15, 0.2) is 6.07 Å². The molecule has 1 aromatic rings. The molecule has 1 aromatic heterocycles. The number of likely N-dealkylation sites (tertiary alicyclic amines) is 1. The van der Waals surface area contributed by atoms with Gasteiger partial charge < -0.3 is 9.67 Å². The molecule has 1 fully saturated rings. The highest BCUT2D eigenvalue weighted by atomic mass is 16.3. The van der Waals surface area contributed by atoms with Gasteiger partial charge in [-0.1, -0.05) is 6.92 Å². The van der Waals surface area contributed by atoms with E-state index in [-0.39, 0.29) is 17.8 Å². The fourth-order valence-electron chi connectivity index (χ4n) is 3.55. The molecule has 0 amide bonds. The zero-order valence-corrected chi connectivity index (χ0v) is 13.8. The summed E-state index contributed by atoms with van der Waals surface area (Å²) in [5.74, 6) is 0.199. The molecule has 1 aliphatic heterocycles. The van der Waals surface area contributed by atoms with Crippen LogP contribution in [-0.4, -0.2) is 46.6 Å². The van der Waals surface area contributed by atoms with E-state index in [1.165, 1.54) is 0 Å². The van der Waals surface area contributed by atoms with Crippen molar-refractivity contribution in [3.05, 3.63) is 23.0 Å². The maximum atomic E-state index is 12.6. The number of carbonyl (C=O) groups is 1. The molecular formula is C17H28N2O2. The summed E-state index contributed by atoms with van der Waals surface area (Å²) in [7, 11) is 0. The van der Waals surface area contributed by atoms with Crippen LogP contribution in [0.4, 0.5) is 0 Å². The molecule has 4 nitrogen and oxygen atoms in total. The lowest BCUT2D eigenvalue weighted by Gasteiger charge is -2.39. The summed E-state index contributed by atoms with van der Waals surface area (Å²) in [5, 5.41) is 9.52. The van der Waals surface area contributed by atoms with Crippen LogP contribution >= 0.6 is 0 Å². The van der Waals surface area contributed by atoms with E-state index >= 15 is 0 Å². The molecule has 1 saturated heterocycles. The summed E-state index contributed by atoms with van der Waals surface area (Å²) in [6.07, 6.45) is 2.09. The van der Waals surface area contributed by atoms with Gasteiger partial charge in [0.05, 0.1) is 6.54 Å². The molecule has 1 atom stereocenters. The average Bonchev–Trinajstić information content (AvgIpc) is 2.73. The van der Waals surface area contributed by atoms with E-state index in [4.69, 9.17) is 0 Å². The quantitative estimate of drug-likeness (QED) is 0.848. The van der Waals surface area contributed by atoms with Crippen LogP contribution in [0.5, 0.6) is 0 Å². The number of aromatic nitrogens is 1. The number of aryl methyl sites for hydroxylation is 1. The first-order valence-corrected chi connectivity index (χ1v) is 7.93. The van der Waals surface area contributed by atoms with Crippen LogP contribution in [0.1, 0.15) is 48.4 Å². The molecular weight excluding hydrogens is 264 g/mol. The normalized spacial score (nSPS) is 23.5. The van der Waals surface area contributed by atoms with E-state index in [0.29, 0.717) is 6.54 Å². The minimum Gasteiger partial charge on any atom is -0.396 e. The maximum absolute atomic E-state index is 12.6. The third kappa shape index (κ3) is 3.38. The highest BCUT2D eigenvalue weighted by Crippen LogP contribution is 2.29. The fourth-order valence-corrected chi connectivity index (χ4v) is 3.55. The zero-order chi connectivity index (χ0) is 15.6. The topological polar surface area (TPSA) is 45.5 Å². The second-order valence-corrected chi connectivity index (χ2v) is 6.74. The van der Waals surface area contributed by atoms with Crippen LogP contribution in [0.2, 0.25) is 0 Å². The first-order chi connectivity index (χ1) is 9.90. The lowest BCUT2D eigenvalue weighted by atomic mass is 9.82. The molecule has 1 N–H and O–H groups in total. The summed E-state index contributed by atoms with van der Waals surface area (Å²) < 4.78 is 2.18. The number of hydrogen-bond donors (Lipinski definition) is 1. The van der Waals surface area contributed by atoms with Gasteiger partial charge in [0.25, 0.3) is 0 Å². The Bertz CT molecular complexity index is 521. The number of nitrogens with zero attached hydrogens (tertiary/aromatic N) is 2. The van der Waals surface area contributed by atoms with Crippen molar-refractivity contribution in [2.24, 2.45) is 5.41 Å². The van der Waals surface area contributed by atoms with Crippen molar-refractivity contribution in [3.8, 4) is 0 Å². The number of hydrogen-bond acceptors (Lipinski definition) is 3. The largest absolute Gasteiger partial charge is 0.396 e. The number of aliphatic hydroxyl groups is 1. The van der Waals surface area contributed by atoms with Crippen LogP contribution in [0.25, 0.3) is 0 Å². The number of aliphatic hydroxyl groups excluding tert-OH is 1. The molecule has 0 aliphatic carbocycles. The molecule has 2 rings (SSSR count). The molecule has 0 bridgehead atoms. The lowest BCUT2D eigenvalue weighted by Crippen LogP contribution is -2.45. The maximum Gasteiger partial charge on any atom is 0.178 e. The third-order valence-electron chi connectivity index (χ3n) is 4.80. The lowest BCUT2D eigenvalue weighted by molar-refractivity contribution is 0.0445. The van der Waals surface area contributed by atoms with E-state index in [2.05, 4.69) is 30.2 Å². The summed E-state index contributed by atoms with van der Waals surface area (Å²) in [4.78, 5) is 14.8. The Hall–Kier alpha value is -1.13. The highest BCUT2D eigenvalue weighted by molar-refractivity contribution is 5.99. The SMILES string of the molecule is CCn1c(C)cc(C(=O)CN2CCCC(C)(CO)C2)c1C. The predicted octanol–water partition coefficient (Wildman–Crippen LogP) is 2.40. The van der Waals surface area contributed by atoms with Gasteiger partial charge in [-0.05, 0) is 46.2 Å². The molecule has 2 heterocycles. The van der Waals surface area contributed by atoms with Gasteiger partial charge in [-0.3, -0.25) is 9.69 Å². The predicted molar refractivity (Wildman–Crippen MR) is 84.8 cm³/mol. The molecule has 0 saturated carbocycles. The summed E-state index contributed by atoms with van der Waals surface area (Å²) in [6.45, 7) is 11.6. The van der Waals surface area contributed by atoms with Crippen molar-refractivity contribution in [2.75, 3.05) is 26.2 Å². The monoisotopic (exact) mass is 292 g/mol. The summed E-state index contributed by atoms with van der Waals surface area (Å²) >= 11 is 0. The Labute approximate surface area is 127 Å². The minimum atomic E-state index is -0.0567. The van der Waals surface area contributed by atoms with Gasteiger partial charge >= 0.3 is 0 Å². The fraction of sp³-hybridized carbons (Fsp3) is 0.706. The zero-order valence-electron chi connectivity index (χ0n) is 13.8. The van der Waals surface area contributed by atoms with E-state index in [1.54, 1.807) is 0 Å². The van der Waals surface area contributed by atoms with E-state index in [1.807, 2.05) is 13.0 Å². The Kier molecular flexibility index (Phi) is 4.89. The van der Waals surface area contributed by atoms with Gasteiger partial charge in [-0.25, -0.2) is 0 Å². The van der Waals surface area contributed by atoms with E-state index in [9.17, 15) is 9.90 Å². The second-order valence-electron chi connectivity index (χ2n) is 6.74. The van der Waals surface area contributed by atoms with Crippen LogP contribution in [0.3, 0.4) is 0 Å². The molecule has 1 aliphatic rings. The van der Waals surface area contributed by atoms with Crippen molar-refractivity contribution in [1.82, 2.24) is 9.47 Å². The Morgan fingerprint density at radius 1 is 1.43 bits per heavy atom. The first-order valence-electron chi connectivity index (χ1n) is 7.93. The molecule has 0 spiro atoms. The van der Waals surface area contributed by atoms with Gasteiger partial charge in [0.1, 0.15) is 0 Å². The molecule has 0 radical (unpaired) electrons. The van der Waals surface area contributed by atoms with Crippen LogP contribution in [-0.2, 0) is 6.54 Å². The number of rotatable bonds is 5. The van der Waals surface area contributed by atoms with Crippen molar-refractivity contribution in [3.63, 3.8) is 0 Å². The van der Waals surface area contributed by atoms with Gasteiger partial charge in [0.15, 0.2) is 5.78 Å². The molecule has 0 aromatic carbocycles. The minimum absolute atomic E-state index is 0.0567. The van der Waals surface area contributed by atoms with Gasteiger partial charge in [0.2, 0.25) is 0 Å². The molecule has 1 unspecified atom stereocenters. The molecule has 4 heteroatoms. The summed E-state index contributed by atoms with van der Waals surface area (Å²) in [5.41, 5.74) is 3.02. The van der Waals surface area contributed by atoms with E-state index in [0.717, 1.165) is 49.4 Å². The number of carbonyl (C=O) groups excluding carboxylic acids is 1. The highest BCUT2D eigenvalue weighted by Gasteiger charge is 2.31. The molecule has 118 valence electrons. The van der Waals surface area contributed by atoms with Gasteiger partial charge in [0, 0.05) is 42.1 Å². The Morgan fingerprint density at radius 2 is 2.14 bits per heavy atom. The Morgan fingerprint density at radius 3 is 2.71 bits per heavy atom. The first kappa shape index (κ1) is 16.2. The van der Waals surface area contributed by atoms with Gasteiger partial charge in [-0.2, -0.15) is 0 Å². The average molecular weight is 292 g/mol. The van der Waals surface area contributed by atoms with Crippen molar-refractivity contribution in [1.29, 1.82) is 0 Å². The number of piperidine rings is 1. The molecule has 21 heavy (non-hydrogen) atoms. The second kappa shape index (κ2) is 6.32. The number of Topliss-reactive ketones (excluding diaryl/α,β-unsaturated/α-hetero) is 1. The van der Waals surface area contributed by atoms with Crippen molar-refractivity contribution < 1.29 is 9.90 Å². The standard InChI is InChI=1S/C17H28N2O2/c1-5-19-13(2)9-15(14(19)3)16(21)10-18-8-6-7-17(4,11-18)12-20/h9,20H,5-8,10-12H2,1-4H3. The van der Waals surface area contributed by atoms with Crippen LogP contribution in [0, 0.1) is 19.3 Å². The van der Waals surface area contributed by atoms with Crippen molar-refractivity contribution in [2.45, 2.75) is 47.1 Å². The third-order valence-corrected chi connectivity index (χ3v) is 4.80. The summed E-state index contributed by atoms with van der Waals surface area (Å²) in [6, 6.07) is 2.01. The smallest absolute Gasteiger partial charge is 0.178 e. The van der Waals surface area contributed by atoms with E-state index < -0.39 is 0 Å². The Balaban J connectivity index is 2.08. The number of ketones is 1. The van der Waals surface area contributed by atoms with Crippen LogP contribution < -0.4 is 0 Å². The van der Waals surface area contributed by atoms with Gasteiger partial charge in [-0.15, -0.1) is 0 Å². The van der Waals surface area contributed by atoms with Crippen molar-refractivity contribution >= 4 is 5.78 Å².